The molecule has 4 nitrogen and oxygen atoms in total. The largest absolute Gasteiger partial charge is 0.389 e. The normalized spacial score (nSPS) is 28.5. The van der Waals surface area contributed by atoms with Crippen molar-refractivity contribution in [3.8, 4) is 0 Å². The molecule has 1 saturated carbocycles. The van der Waals surface area contributed by atoms with Gasteiger partial charge >= 0.3 is 0 Å². The summed E-state index contributed by atoms with van der Waals surface area (Å²) >= 11 is 0. The molecule has 4 atom stereocenters. The quantitative estimate of drug-likeness (QED) is 0.790. The lowest BCUT2D eigenvalue weighted by Gasteiger charge is -2.39. The molecule has 0 spiro atoms. The fraction of sp³-hybridized carbons (Fsp3) is 0.739. The molecule has 1 aliphatic carbocycles. The minimum absolute atomic E-state index is 0.318. The van der Waals surface area contributed by atoms with Crippen molar-refractivity contribution in [2.45, 2.75) is 52.2 Å². The van der Waals surface area contributed by atoms with Crippen molar-refractivity contribution in [2.75, 3.05) is 44.2 Å². The molecular weight excluding hydrogens is 336 g/mol. The van der Waals surface area contributed by atoms with Gasteiger partial charge in [-0.3, -0.25) is 4.90 Å². The van der Waals surface area contributed by atoms with Crippen LogP contribution in [0.3, 0.4) is 0 Å². The number of hydrogen-bond acceptors (Lipinski definition) is 4. The Kier molecular flexibility index (Phi) is 7.57. The summed E-state index contributed by atoms with van der Waals surface area (Å²) in [5, 5.41) is 10.5. The summed E-state index contributed by atoms with van der Waals surface area (Å²) in [6.07, 6.45) is 3.65. The molecule has 0 aromatic heterocycles. The second kappa shape index (κ2) is 9.90. The van der Waals surface area contributed by atoms with Crippen LogP contribution in [0.1, 0.15) is 40.0 Å². The van der Waals surface area contributed by atoms with E-state index in [0.29, 0.717) is 24.5 Å². The van der Waals surface area contributed by atoms with Gasteiger partial charge in [-0.25, -0.2) is 0 Å². The highest BCUT2D eigenvalue weighted by Crippen LogP contribution is 2.35. The average molecular weight is 375 g/mol. The van der Waals surface area contributed by atoms with Gasteiger partial charge < -0.3 is 14.7 Å². The first-order valence-corrected chi connectivity index (χ1v) is 10.8. The molecule has 2 fully saturated rings. The predicted octanol–water partition coefficient (Wildman–Crippen LogP) is 3.65. The van der Waals surface area contributed by atoms with Gasteiger partial charge in [0, 0.05) is 38.4 Å². The Balaban J connectivity index is 1.40. The van der Waals surface area contributed by atoms with Crippen LogP contribution in [0.15, 0.2) is 30.3 Å². The summed E-state index contributed by atoms with van der Waals surface area (Å²) in [7, 11) is 0. The van der Waals surface area contributed by atoms with E-state index in [1.807, 2.05) is 0 Å². The molecule has 152 valence electrons. The van der Waals surface area contributed by atoms with Crippen LogP contribution < -0.4 is 4.90 Å². The number of rotatable bonds is 7. The maximum Gasteiger partial charge on any atom is 0.0900 e. The van der Waals surface area contributed by atoms with Crippen LogP contribution in [0.2, 0.25) is 0 Å². The molecule has 1 aromatic carbocycles. The van der Waals surface area contributed by atoms with Crippen LogP contribution in [-0.2, 0) is 4.74 Å². The lowest BCUT2D eigenvalue weighted by Crippen LogP contribution is -2.49. The minimum atomic E-state index is -0.390. The van der Waals surface area contributed by atoms with E-state index in [4.69, 9.17) is 4.74 Å². The summed E-state index contributed by atoms with van der Waals surface area (Å²) in [4.78, 5) is 4.80. The Morgan fingerprint density at radius 2 is 1.78 bits per heavy atom. The molecule has 27 heavy (non-hydrogen) atoms. The Labute approximate surface area is 165 Å². The fourth-order valence-electron chi connectivity index (χ4n) is 4.72. The van der Waals surface area contributed by atoms with Crippen LogP contribution in [0.25, 0.3) is 0 Å². The van der Waals surface area contributed by atoms with Crippen LogP contribution in [0.5, 0.6) is 0 Å². The lowest BCUT2D eigenvalue weighted by atomic mass is 9.75. The number of anilines is 1. The van der Waals surface area contributed by atoms with Gasteiger partial charge in [0.1, 0.15) is 0 Å². The summed E-state index contributed by atoms with van der Waals surface area (Å²) < 4.78 is 6.23. The summed E-state index contributed by atoms with van der Waals surface area (Å²) in [6.45, 7) is 12.2. The van der Waals surface area contributed by atoms with Gasteiger partial charge in [-0.2, -0.15) is 0 Å². The molecule has 0 bridgehead atoms. The zero-order valence-corrected chi connectivity index (χ0v) is 17.4. The van der Waals surface area contributed by atoms with Crippen LogP contribution in [0.4, 0.5) is 5.69 Å². The van der Waals surface area contributed by atoms with Crippen molar-refractivity contribution < 1.29 is 9.84 Å². The number of hydrogen-bond donors (Lipinski definition) is 1. The molecule has 1 N–H and O–H groups in total. The number of benzene rings is 1. The molecule has 0 radical (unpaired) electrons. The number of aliphatic hydroxyl groups is 1. The van der Waals surface area contributed by atoms with Gasteiger partial charge in [0.15, 0.2) is 0 Å². The van der Waals surface area contributed by atoms with Gasteiger partial charge in [0.2, 0.25) is 0 Å². The van der Waals surface area contributed by atoms with Crippen molar-refractivity contribution >= 4 is 5.69 Å². The van der Waals surface area contributed by atoms with Crippen LogP contribution >= 0.6 is 0 Å². The predicted molar refractivity (Wildman–Crippen MR) is 112 cm³/mol. The molecule has 3 rings (SSSR count). The maximum atomic E-state index is 10.5. The van der Waals surface area contributed by atoms with Crippen molar-refractivity contribution in [1.82, 2.24) is 4.90 Å². The third-order valence-corrected chi connectivity index (χ3v) is 6.43. The number of ether oxygens (including phenoxy) is 1. The lowest BCUT2D eigenvalue weighted by molar-refractivity contribution is -0.0740. The molecule has 1 aromatic rings. The highest BCUT2D eigenvalue weighted by molar-refractivity contribution is 5.46. The van der Waals surface area contributed by atoms with E-state index in [1.165, 1.54) is 18.5 Å². The fourth-order valence-corrected chi connectivity index (χ4v) is 4.72. The maximum absolute atomic E-state index is 10.5. The third kappa shape index (κ3) is 5.94. The van der Waals surface area contributed by atoms with Gasteiger partial charge in [-0.05, 0) is 42.7 Å². The smallest absolute Gasteiger partial charge is 0.0900 e. The molecule has 0 unspecified atom stereocenters. The van der Waals surface area contributed by atoms with Gasteiger partial charge in [-0.15, -0.1) is 0 Å². The highest BCUT2D eigenvalue weighted by atomic mass is 16.5. The minimum Gasteiger partial charge on any atom is -0.389 e. The molecule has 1 heterocycles. The second-order valence-corrected chi connectivity index (χ2v) is 8.97. The number of para-hydroxylation sites is 1. The van der Waals surface area contributed by atoms with Gasteiger partial charge in [0.05, 0.1) is 18.8 Å². The number of β-amino-alcohol motifs (C(OH)–C–C–N with tert-alkyl or cyclic N) is 1. The topological polar surface area (TPSA) is 35.9 Å². The average Bonchev–Trinajstić information content (AvgIpc) is 2.67. The number of nitrogens with zero attached hydrogens (tertiary/aromatic N) is 2. The molecule has 2 aliphatic rings. The van der Waals surface area contributed by atoms with E-state index >= 15 is 0 Å². The van der Waals surface area contributed by atoms with Gasteiger partial charge in [0.25, 0.3) is 0 Å². The highest BCUT2D eigenvalue weighted by Gasteiger charge is 2.32. The zero-order chi connectivity index (χ0) is 19.2. The monoisotopic (exact) mass is 374 g/mol. The zero-order valence-electron chi connectivity index (χ0n) is 17.4. The Hall–Kier alpha value is -1.10. The Morgan fingerprint density at radius 3 is 2.44 bits per heavy atom. The first kappa shape index (κ1) is 20.6. The Morgan fingerprint density at radius 1 is 1.07 bits per heavy atom. The number of aliphatic hydroxyl groups excluding tert-OH is 1. The molecule has 1 saturated heterocycles. The van der Waals surface area contributed by atoms with E-state index in [9.17, 15) is 5.11 Å². The van der Waals surface area contributed by atoms with E-state index in [1.54, 1.807) is 0 Å². The summed E-state index contributed by atoms with van der Waals surface area (Å²) in [5.41, 5.74) is 1.30. The molecule has 0 amide bonds. The van der Waals surface area contributed by atoms with E-state index in [-0.39, 0.29) is 0 Å². The summed E-state index contributed by atoms with van der Waals surface area (Å²) in [5.74, 6) is 2.04. The first-order chi connectivity index (χ1) is 13.0. The van der Waals surface area contributed by atoms with E-state index < -0.39 is 6.10 Å². The molecular formula is C23H38N2O2. The van der Waals surface area contributed by atoms with Gasteiger partial charge in [-0.1, -0.05) is 45.4 Å². The van der Waals surface area contributed by atoms with Crippen molar-refractivity contribution in [2.24, 2.45) is 17.8 Å². The third-order valence-electron chi connectivity index (χ3n) is 6.43. The number of piperazine rings is 1. The van der Waals surface area contributed by atoms with E-state index in [2.05, 4.69) is 60.9 Å². The van der Waals surface area contributed by atoms with Crippen molar-refractivity contribution in [3.63, 3.8) is 0 Å². The Bertz CT molecular complexity index is 543. The first-order valence-electron chi connectivity index (χ1n) is 10.8. The second-order valence-electron chi connectivity index (χ2n) is 8.97. The van der Waals surface area contributed by atoms with Crippen LogP contribution in [0, 0.1) is 17.8 Å². The standard InChI is InChI=1S/C23H38N2O2/c1-18(2)22-10-9-19(3)15-23(22)27-17-21(26)16-24-11-13-25(14-12-24)20-7-5-4-6-8-20/h4-8,18-19,21-23,26H,9-17H2,1-3H3/t19-,21+,22-,23+/m1/s1. The SMILES string of the molecule is CC(C)[C@H]1CC[C@@H](C)C[C@@H]1OC[C@@H](O)CN1CCN(c2ccccc2)CC1. The van der Waals surface area contributed by atoms with Crippen LogP contribution in [-0.4, -0.2) is 61.5 Å². The summed E-state index contributed by atoms with van der Waals surface area (Å²) in [6, 6.07) is 10.6. The molecule has 1 aliphatic heterocycles. The van der Waals surface area contributed by atoms with E-state index in [0.717, 1.165) is 45.1 Å². The molecule has 4 heteroatoms. The van der Waals surface area contributed by atoms with Crippen molar-refractivity contribution in [1.29, 1.82) is 0 Å². The van der Waals surface area contributed by atoms with Crippen molar-refractivity contribution in [3.05, 3.63) is 30.3 Å².